The van der Waals surface area contributed by atoms with Crippen molar-refractivity contribution in [2.24, 2.45) is 5.92 Å². The third-order valence-corrected chi connectivity index (χ3v) is 2.84. The maximum absolute atomic E-state index is 10.5. The fourth-order valence-corrected chi connectivity index (χ4v) is 1.80. The topological polar surface area (TPSA) is 26.3 Å². The fraction of sp³-hybridized carbons (Fsp3) is 0.417. The van der Waals surface area contributed by atoms with Crippen LogP contribution in [0.2, 0.25) is 0 Å². The highest BCUT2D eigenvalue weighted by atomic mass is 79.9. The lowest BCUT2D eigenvalue weighted by Crippen LogP contribution is -2.00. The molecule has 1 aromatic rings. The summed E-state index contributed by atoms with van der Waals surface area (Å²) in [6, 6.07) is 5.92. The fourth-order valence-electron chi connectivity index (χ4n) is 1.39. The molecule has 0 saturated carbocycles. The lowest BCUT2D eigenvalue weighted by Gasteiger charge is -2.09. The second-order valence-electron chi connectivity index (χ2n) is 3.61. The minimum absolute atomic E-state index is 0.105. The number of methoxy groups -OCH3 is 1. The molecule has 1 aromatic carbocycles. The summed E-state index contributed by atoms with van der Waals surface area (Å²) in [5.41, 5.74) is 1.14. The van der Waals surface area contributed by atoms with Crippen molar-refractivity contribution < 1.29 is 9.53 Å². The molecule has 0 fully saturated rings. The van der Waals surface area contributed by atoms with Gasteiger partial charge in [-0.2, -0.15) is 0 Å². The number of aldehydes is 1. The monoisotopic (exact) mass is 270 g/mol. The summed E-state index contributed by atoms with van der Waals surface area (Å²) < 4.78 is 6.30. The maximum Gasteiger partial charge on any atom is 0.122 e. The molecule has 0 aliphatic rings. The van der Waals surface area contributed by atoms with E-state index in [1.807, 2.05) is 25.1 Å². The maximum atomic E-state index is 10.5. The van der Waals surface area contributed by atoms with Crippen LogP contribution in [0.5, 0.6) is 5.75 Å². The highest BCUT2D eigenvalue weighted by Gasteiger charge is 2.06. The second-order valence-corrected chi connectivity index (χ2v) is 4.52. The number of carbonyl (C=O) groups excluding carboxylic acids is 1. The van der Waals surface area contributed by atoms with E-state index in [1.165, 1.54) is 0 Å². The minimum atomic E-state index is 0.105. The van der Waals surface area contributed by atoms with Gasteiger partial charge in [-0.15, -0.1) is 0 Å². The summed E-state index contributed by atoms with van der Waals surface area (Å²) in [7, 11) is 1.66. The number of rotatable bonds is 5. The quantitative estimate of drug-likeness (QED) is 0.768. The molecule has 0 amide bonds. The van der Waals surface area contributed by atoms with Crippen LogP contribution in [0.3, 0.4) is 0 Å². The molecule has 1 unspecified atom stereocenters. The molecule has 0 radical (unpaired) electrons. The lowest BCUT2D eigenvalue weighted by atomic mass is 10.0. The van der Waals surface area contributed by atoms with Crippen molar-refractivity contribution >= 4 is 22.2 Å². The van der Waals surface area contributed by atoms with Crippen molar-refractivity contribution in [1.29, 1.82) is 0 Å². The molecule has 0 spiro atoms. The average molecular weight is 271 g/mol. The summed E-state index contributed by atoms with van der Waals surface area (Å²) in [5, 5.41) is 0. The molecule has 0 heterocycles. The Hall–Kier alpha value is -0.830. The number of hydrogen-bond acceptors (Lipinski definition) is 2. The van der Waals surface area contributed by atoms with E-state index in [0.29, 0.717) is 0 Å². The van der Waals surface area contributed by atoms with Gasteiger partial charge in [0.1, 0.15) is 12.0 Å². The van der Waals surface area contributed by atoms with Gasteiger partial charge in [0, 0.05) is 10.4 Å². The molecule has 0 saturated heterocycles. The zero-order valence-electron chi connectivity index (χ0n) is 9.00. The molecular formula is C12H15BrO2. The first-order valence-corrected chi connectivity index (χ1v) is 5.74. The largest absolute Gasteiger partial charge is 0.496 e. The van der Waals surface area contributed by atoms with Crippen molar-refractivity contribution in [2.75, 3.05) is 7.11 Å². The molecule has 0 bridgehead atoms. The molecule has 0 aliphatic carbocycles. The van der Waals surface area contributed by atoms with Crippen LogP contribution in [0, 0.1) is 5.92 Å². The van der Waals surface area contributed by atoms with E-state index >= 15 is 0 Å². The summed E-state index contributed by atoms with van der Waals surface area (Å²) in [5.74, 6) is 0.991. The first kappa shape index (κ1) is 12.2. The van der Waals surface area contributed by atoms with Gasteiger partial charge in [0.15, 0.2) is 0 Å². The SMILES string of the molecule is COc1ccc(Br)cc1CCC(C)C=O. The van der Waals surface area contributed by atoms with Gasteiger partial charge in [0.2, 0.25) is 0 Å². The van der Waals surface area contributed by atoms with E-state index in [-0.39, 0.29) is 5.92 Å². The number of carbonyl (C=O) groups is 1. The average Bonchev–Trinajstić information content (AvgIpc) is 2.26. The number of benzene rings is 1. The van der Waals surface area contributed by atoms with E-state index in [4.69, 9.17) is 4.74 Å². The molecule has 82 valence electrons. The van der Waals surface area contributed by atoms with Crippen LogP contribution < -0.4 is 4.74 Å². The minimum Gasteiger partial charge on any atom is -0.496 e. The Morgan fingerprint density at radius 3 is 2.87 bits per heavy atom. The van der Waals surface area contributed by atoms with Gasteiger partial charge < -0.3 is 9.53 Å². The van der Waals surface area contributed by atoms with Crippen LogP contribution in [0.15, 0.2) is 22.7 Å². The van der Waals surface area contributed by atoms with E-state index in [1.54, 1.807) is 7.11 Å². The van der Waals surface area contributed by atoms with Crippen molar-refractivity contribution in [3.05, 3.63) is 28.2 Å². The molecule has 0 aromatic heterocycles. The third kappa shape index (κ3) is 3.67. The summed E-state index contributed by atoms with van der Waals surface area (Å²) in [6.07, 6.45) is 2.71. The number of hydrogen-bond donors (Lipinski definition) is 0. The Balaban J connectivity index is 2.73. The Morgan fingerprint density at radius 2 is 2.27 bits per heavy atom. The number of halogens is 1. The highest BCUT2D eigenvalue weighted by Crippen LogP contribution is 2.24. The van der Waals surface area contributed by atoms with Gasteiger partial charge in [0.25, 0.3) is 0 Å². The van der Waals surface area contributed by atoms with Gasteiger partial charge in [-0.1, -0.05) is 22.9 Å². The summed E-state index contributed by atoms with van der Waals surface area (Å²) in [6.45, 7) is 1.93. The highest BCUT2D eigenvalue weighted by molar-refractivity contribution is 9.10. The molecule has 1 rings (SSSR count). The van der Waals surface area contributed by atoms with E-state index < -0.39 is 0 Å². The molecule has 0 N–H and O–H groups in total. The van der Waals surface area contributed by atoms with Gasteiger partial charge in [0.05, 0.1) is 7.11 Å². The van der Waals surface area contributed by atoms with E-state index in [9.17, 15) is 4.79 Å². The van der Waals surface area contributed by atoms with Gasteiger partial charge in [-0.05, 0) is 36.6 Å². The van der Waals surface area contributed by atoms with Gasteiger partial charge >= 0.3 is 0 Å². The van der Waals surface area contributed by atoms with Gasteiger partial charge in [-0.3, -0.25) is 0 Å². The molecule has 1 atom stereocenters. The van der Waals surface area contributed by atoms with Crippen LogP contribution in [0.1, 0.15) is 18.9 Å². The zero-order chi connectivity index (χ0) is 11.3. The molecule has 2 nitrogen and oxygen atoms in total. The van der Waals surface area contributed by atoms with Gasteiger partial charge in [-0.25, -0.2) is 0 Å². The van der Waals surface area contributed by atoms with Crippen LogP contribution in [-0.4, -0.2) is 13.4 Å². The Morgan fingerprint density at radius 1 is 1.53 bits per heavy atom. The van der Waals surface area contributed by atoms with Crippen LogP contribution in [0.4, 0.5) is 0 Å². The second kappa shape index (κ2) is 5.91. The Kier molecular flexibility index (Phi) is 4.82. The van der Waals surface area contributed by atoms with E-state index in [2.05, 4.69) is 15.9 Å². The smallest absolute Gasteiger partial charge is 0.122 e. The Bertz CT molecular complexity index is 336. The summed E-state index contributed by atoms with van der Waals surface area (Å²) in [4.78, 5) is 10.5. The van der Waals surface area contributed by atoms with Crippen molar-refractivity contribution in [2.45, 2.75) is 19.8 Å². The molecular weight excluding hydrogens is 256 g/mol. The van der Waals surface area contributed by atoms with Crippen molar-refractivity contribution in [3.63, 3.8) is 0 Å². The van der Waals surface area contributed by atoms with Crippen molar-refractivity contribution in [1.82, 2.24) is 0 Å². The van der Waals surface area contributed by atoms with Crippen LogP contribution in [-0.2, 0) is 11.2 Å². The summed E-state index contributed by atoms with van der Waals surface area (Å²) >= 11 is 3.42. The van der Waals surface area contributed by atoms with E-state index in [0.717, 1.165) is 34.9 Å². The predicted molar refractivity (Wildman–Crippen MR) is 64.2 cm³/mol. The first-order valence-electron chi connectivity index (χ1n) is 4.95. The standard InChI is InChI=1S/C12H15BrO2/c1-9(8-14)3-4-10-7-11(13)5-6-12(10)15-2/h5-9H,3-4H2,1-2H3. The third-order valence-electron chi connectivity index (χ3n) is 2.34. The lowest BCUT2D eigenvalue weighted by molar-refractivity contribution is -0.110. The zero-order valence-corrected chi connectivity index (χ0v) is 10.6. The van der Waals surface area contributed by atoms with Crippen LogP contribution >= 0.6 is 15.9 Å². The van der Waals surface area contributed by atoms with Crippen molar-refractivity contribution in [3.8, 4) is 5.75 Å². The predicted octanol–water partition coefficient (Wildman–Crippen LogP) is 3.23. The molecule has 15 heavy (non-hydrogen) atoms. The Labute approximate surface area is 98.8 Å². The number of ether oxygens (including phenoxy) is 1. The first-order chi connectivity index (χ1) is 7.17. The molecule has 3 heteroatoms. The number of aryl methyl sites for hydroxylation is 1. The van der Waals surface area contributed by atoms with Crippen LogP contribution in [0.25, 0.3) is 0 Å². The normalized spacial score (nSPS) is 12.2. The molecule has 0 aliphatic heterocycles.